The van der Waals surface area contributed by atoms with Gasteiger partial charge in [0.25, 0.3) is 0 Å². The third kappa shape index (κ3) is 13.6. The fourth-order valence-electron chi connectivity index (χ4n) is 3.15. The van der Waals surface area contributed by atoms with Crippen LogP contribution < -0.4 is 38.9 Å². The molecule has 4 amide bonds. The molecule has 5 atom stereocenters. The molecule has 0 heterocycles. The summed E-state index contributed by atoms with van der Waals surface area (Å²) in [5.74, 6) is -4.42. The molecule has 0 fully saturated rings. The standard InChI is InChI=1S/C21H41N7O7/c1-12(29)17(21(34)35)28-20(33)15(8-9-16(25)30)27-19(32)14(7-3-5-11-23)26-18(31)13(24)6-2-4-10-22/h12-15,17,29H,2-11,22-24H2,1H3,(H2,25,30)(H,26,31)(H,27,32)(H,28,33)(H,34,35). The first-order valence-electron chi connectivity index (χ1n) is 11.7. The third-order valence-corrected chi connectivity index (χ3v) is 5.24. The van der Waals surface area contributed by atoms with Crippen LogP contribution in [0.15, 0.2) is 0 Å². The van der Waals surface area contributed by atoms with E-state index in [1.54, 1.807) is 0 Å². The highest BCUT2D eigenvalue weighted by atomic mass is 16.4. The van der Waals surface area contributed by atoms with Crippen LogP contribution in [0.25, 0.3) is 0 Å². The van der Waals surface area contributed by atoms with E-state index in [2.05, 4.69) is 16.0 Å². The van der Waals surface area contributed by atoms with E-state index in [9.17, 15) is 34.2 Å². The summed E-state index contributed by atoms with van der Waals surface area (Å²) in [6, 6.07) is -4.89. The summed E-state index contributed by atoms with van der Waals surface area (Å²) in [7, 11) is 0. The summed E-state index contributed by atoms with van der Waals surface area (Å²) in [5.41, 5.74) is 22.0. The largest absolute Gasteiger partial charge is 0.480 e. The molecule has 0 aliphatic heterocycles. The van der Waals surface area contributed by atoms with Gasteiger partial charge in [0.2, 0.25) is 23.6 Å². The quantitative estimate of drug-likeness (QED) is 0.0794. The Morgan fingerprint density at radius 2 is 1.26 bits per heavy atom. The number of nitrogens with two attached hydrogens (primary N) is 4. The molecular formula is C21H41N7O7. The van der Waals surface area contributed by atoms with Gasteiger partial charge in [0, 0.05) is 6.42 Å². The van der Waals surface area contributed by atoms with Crippen molar-refractivity contribution in [2.45, 2.75) is 88.6 Å². The minimum atomic E-state index is -1.64. The van der Waals surface area contributed by atoms with Crippen LogP contribution in [0.2, 0.25) is 0 Å². The second-order valence-electron chi connectivity index (χ2n) is 8.37. The number of carbonyl (C=O) groups excluding carboxylic acids is 4. The predicted octanol–water partition coefficient (Wildman–Crippen LogP) is -3.24. The molecule has 0 radical (unpaired) electrons. The van der Waals surface area contributed by atoms with Crippen molar-refractivity contribution < 1.29 is 34.2 Å². The highest BCUT2D eigenvalue weighted by Gasteiger charge is 2.31. The minimum Gasteiger partial charge on any atom is -0.480 e. The van der Waals surface area contributed by atoms with Crippen molar-refractivity contribution in [3.63, 3.8) is 0 Å². The second kappa shape index (κ2) is 17.6. The first-order chi connectivity index (χ1) is 16.4. The van der Waals surface area contributed by atoms with E-state index in [0.29, 0.717) is 45.2 Å². The Balaban J connectivity index is 5.50. The molecule has 0 aromatic rings. The number of nitrogens with one attached hydrogen (secondary N) is 3. The number of aliphatic hydroxyl groups is 1. The molecule has 0 aliphatic rings. The topological polar surface area (TPSA) is 266 Å². The first-order valence-corrected chi connectivity index (χ1v) is 11.7. The summed E-state index contributed by atoms with van der Waals surface area (Å²) in [6.07, 6.45) is 1.08. The Hall–Kier alpha value is -2.81. The Bertz CT molecular complexity index is 706. The van der Waals surface area contributed by atoms with Crippen molar-refractivity contribution in [3.05, 3.63) is 0 Å². The van der Waals surface area contributed by atoms with E-state index in [-0.39, 0.29) is 19.3 Å². The molecule has 5 unspecified atom stereocenters. The second-order valence-corrected chi connectivity index (χ2v) is 8.37. The smallest absolute Gasteiger partial charge is 0.328 e. The van der Waals surface area contributed by atoms with Crippen molar-refractivity contribution >= 4 is 29.6 Å². The van der Waals surface area contributed by atoms with Gasteiger partial charge in [-0.25, -0.2) is 4.79 Å². The molecule has 0 saturated heterocycles. The van der Waals surface area contributed by atoms with E-state index in [1.807, 2.05) is 0 Å². The fraction of sp³-hybridized carbons (Fsp3) is 0.762. The van der Waals surface area contributed by atoms with Crippen molar-refractivity contribution in [2.75, 3.05) is 13.1 Å². The minimum absolute atomic E-state index is 0.208. The summed E-state index contributed by atoms with van der Waals surface area (Å²) < 4.78 is 0. The summed E-state index contributed by atoms with van der Waals surface area (Å²) in [4.78, 5) is 60.7. The first kappa shape index (κ1) is 32.2. The lowest BCUT2D eigenvalue weighted by Crippen LogP contribution is -2.58. The maximum atomic E-state index is 13.0. The number of carboxylic acid groups (broad SMARTS) is 1. The summed E-state index contributed by atoms with van der Waals surface area (Å²) in [5, 5.41) is 26.0. The average molecular weight is 504 g/mol. The molecule has 13 N–H and O–H groups in total. The zero-order chi connectivity index (χ0) is 27.0. The molecule has 14 nitrogen and oxygen atoms in total. The molecule has 0 aromatic carbocycles. The van der Waals surface area contributed by atoms with Crippen LogP contribution >= 0.6 is 0 Å². The molecule has 0 aliphatic carbocycles. The highest BCUT2D eigenvalue weighted by Crippen LogP contribution is 2.07. The zero-order valence-electron chi connectivity index (χ0n) is 20.2. The van der Waals surface area contributed by atoms with Gasteiger partial charge in [-0.15, -0.1) is 0 Å². The van der Waals surface area contributed by atoms with E-state index in [0.717, 1.165) is 0 Å². The fourth-order valence-corrected chi connectivity index (χ4v) is 3.15. The van der Waals surface area contributed by atoms with E-state index in [1.165, 1.54) is 6.92 Å². The molecular weight excluding hydrogens is 462 g/mol. The van der Waals surface area contributed by atoms with Crippen molar-refractivity contribution in [1.82, 2.24) is 16.0 Å². The van der Waals surface area contributed by atoms with Gasteiger partial charge in [0.15, 0.2) is 6.04 Å². The van der Waals surface area contributed by atoms with Gasteiger partial charge in [-0.2, -0.15) is 0 Å². The Morgan fingerprint density at radius 1 is 0.771 bits per heavy atom. The number of primary amides is 1. The summed E-state index contributed by atoms with van der Waals surface area (Å²) in [6.45, 7) is 2.02. The van der Waals surface area contributed by atoms with Gasteiger partial charge in [0.05, 0.1) is 12.1 Å². The Labute approximate surface area is 204 Å². The molecule has 0 bridgehead atoms. The molecule has 0 saturated carbocycles. The lowest BCUT2D eigenvalue weighted by Gasteiger charge is -2.25. The van der Waals surface area contributed by atoms with Crippen LogP contribution in [0, 0.1) is 0 Å². The van der Waals surface area contributed by atoms with E-state index in [4.69, 9.17) is 22.9 Å². The maximum absolute atomic E-state index is 13.0. The Morgan fingerprint density at radius 3 is 1.74 bits per heavy atom. The average Bonchev–Trinajstić information content (AvgIpc) is 2.78. The number of carbonyl (C=O) groups is 5. The van der Waals surface area contributed by atoms with Crippen LogP contribution in [-0.4, -0.2) is 83.2 Å². The SMILES string of the molecule is CC(O)C(NC(=O)C(CCC(N)=O)NC(=O)C(CCCCN)NC(=O)C(N)CCCCN)C(=O)O. The van der Waals surface area contributed by atoms with Crippen LogP contribution in [0.3, 0.4) is 0 Å². The van der Waals surface area contributed by atoms with Gasteiger partial charge >= 0.3 is 5.97 Å². The molecule has 0 aromatic heterocycles. The normalized spacial score (nSPS) is 15.2. The molecule has 14 heteroatoms. The van der Waals surface area contributed by atoms with Gasteiger partial charge in [-0.3, -0.25) is 19.2 Å². The van der Waals surface area contributed by atoms with E-state index < -0.39 is 59.9 Å². The monoisotopic (exact) mass is 503 g/mol. The molecule has 0 rings (SSSR count). The molecule has 202 valence electrons. The number of carboxylic acids is 1. The third-order valence-electron chi connectivity index (χ3n) is 5.24. The number of aliphatic carboxylic acids is 1. The highest BCUT2D eigenvalue weighted by molar-refractivity contribution is 5.94. The van der Waals surface area contributed by atoms with Gasteiger partial charge < -0.3 is 49.1 Å². The van der Waals surface area contributed by atoms with Crippen LogP contribution in [-0.2, 0) is 24.0 Å². The Kier molecular flexibility index (Phi) is 16.2. The number of hydrogen-bond donors (Lipinski definition) is 9. The van der Waals surface area contributed by atoms with Crippen molar-refractivity contribution in [1.29, 1.82) is 0 Å². The van der Waals surface area contributed by atoms with E-state index >= 15 is 0 Å². The maximum Gasteiger partial charge on any atom is 0.328 e. The van der Waals surface area contributed by atoms with Crippen LogP contribution in [0.4, 0.5) is 0 Å². The predicted molar refractivity (Wildman–Crippen MR) is 127 cm³/mol. The van der Waals surface area contributed by atoms with Crippen molar-refractivity contribution in [2.24, 2.45) is 22.9 Å². The van der Waals surface area contributed by atoms with Gasteiger partial charge in [-0.05, 0) is 58.5 Å². The lowest BCUT2D eigenvalue weighted by molar-refractivity contribution is -0.145. The van der Waals surface area contributed by atoms with Gasteiger partial charge in [0.1, 0.15) is 12.1 Å². The lowest BCUT2D eigenvalue weighted by atomic mass is 10.0. The zero-order valence-corrected chi connectivity index (χ0v) is 20.2. The molecule has 0 spiro atoms. The van der Waals surface area contributed by atoms with Gasteiger partial charge in [-0.1, -0.05) is 6.42 Å². The number of amides is 4. The van der Waals surface area contributed by atoms with Crippen LogP contribution in [0.1, 0.15) is 58.3 Å². The number of aliphatic hydroxyl groups excluding tert-OH is 1. The van der Waals surface area contributed by atoms with Crippen LogP contribution in [0.5, 0.6) is 0 Å². The van der Waals surface area contributed by atoms with Crippen molar-refractivity contribution in [3.8, 4) is 0 Å². The molecule has 35 heavy (non-hydrogen) atoms. The number of hydrogen-bond acceptors (Lipinski definition) is 9. The number of unbranched alkanes of at least 4 members (excludes halogenated alkanes) is 2. The summed E-state index contributed by atoms with van der Waals surface area (Å²) >= 11 is 0. The number of rotatable bonds is 19.